The Morgan fingerprint density at radius 2 is 2.22 bits per heavy atom. The molecule has 2 aromatic rings. The van der Waals surface area contributed by atoms with Crippen LogP contribution >= 0.6 is 22.9 Å². The molecule has 1 aromatic carbocycles. The molecule has 5 rings (SSSR count). The fourth-order valence-corrected chi connectivity index (χ4v) is 5.47. The third kappa shape index (κ3) is 5.09. The van der Waals surface area contributed by atoms with Gasteiger partial charge in [0, 0.05) is 60.5 Å². The number of amides is 1. The van der Waals surface area contributed by atoms with E-state index in [9.17, 15) is 14.0 Å². The number of ether oxygens (including phenoxy) is 2. The van der Waals surface area contributed by atoms with Crippen LogP contribution in [0.1, 0.15) is 30.5 Å². The molecule has 1 unspecified atom stereocenters. The van der Waals surface area contributed by atoms with Crippen LogP contribution in [-0.2, 0) is 14.3 Å². The predicted octanol–water partition coefficient (Wildman–Crippen LogP) is 3.62. The molecule has 3 aliphatic rings. The number of nitrogens with one attached hydrogen (secondary N) is 1. The van der Waals surface area contributed by atoms with Gasteiger partial charge >= 0.3 is 12.1 Å². The van der Waals surface area contributed by atoms with Crippen molar-refractivity contribution in [2.24, 2.45) is 4.99 Å². The van der Waals surface area contributed by atoms with E-state index < -0.39 is 17.8 Å². The van der Waals surface area contributed by atoms with Gasteiger partial charge in [0.15, 0.2) is 10.8 Å². The number of aromatic nitrogens is 1. The second-order valence-corrected chi connectivity index (χ2v) is 9.68. The number of aliphatic imine (C=N–C) groups is 1. The number of halogens is 2. The van der Waals surface area contributed by atoms with Gasteiger partial charge in [-0.25, -0.2) is 19.0 Å². The molecule has 0 spiro atoms. The van der Waals surface area contributed by atoms with Crippen LogP contribution in [0.25, 0.3) is 0 Å². The molecule has 12 heteroatoms. The third-order valence-corrected chi connectivity index (χ3v) is 7.39. The van der Waals surface area contributed by atoms with E-state index in [0.29, 0.717) is 60.5 Å². The number of rotatable bonds is 5. The van der Waals surface area contributed by atoms with E-state index in [0.717, 1.165) is 6.42 Å². The minimum atomic E-state index is -0.809. The highest BCUT2D eigenvalue weighted by atomic mass is 35.5. The van der Waals surface area contributed by atoms with E-state index in [4.69, 9.17) is 26.1 Å². The quantitative estimate of drug-likeness (QED) is 0.584. The van der Waals surface area contributed by atoms with Gasteiger partial charge in [-0.3, -0.25) is 9.89 Å². The summed E-state index contributed by atoms with van der Waals surface area (Å²) in [5.74, 6) is -0.544. The van der Waals surface area contributed by atoms with Gasteiger partial charge in [0.1, 0.15) is 11.9 Å². The van der Waals surface area contributed by atoms with Crippen LogP contribution in [0.4, 0.5) is 9.18 Å². The van der Waals surface area contributed by atoms with E-state index >= 15 is 0 Å². The molecule has 1 N–H and O–H groups in total. The first-order valence-electron chi connectivity index (χ1n) is 11.1. The summed E-state index contributed by atoms with van der Waals surface area (Å²) >= 11 is 7.81. The van der Waals surface area contributed by atoms with Crippen molar-refractivity contribution >= 4 is 40.8 Å². The number of nitrogens with zero attached hydrogens (tertiary/aromatic N) is 4. The molecule has 192 valence electrons. The minimum Gasteiger partial charge on any atom is -0.466 e. The first kappa shape index (κ1) is 26.1. The third-order valence-electron chi connectivity index (χ3n) is 6.28. The number of hydrogen-bond donors (Lipinski definition) is 1. The molecule has 1 amide bonds. The van der Waals surface area contributed by atoms with E-state index in [1.807, 2.05) is 5.38 Å². The van der Waals surface area contributed by atoms with Gasteiger partial charge in [0.25, 0.3) is 0 Å². The molecule has 0 radical (unpaired) electrons. The lowest BCUT2D eigenvalue weighted by Gasteiger charge is -2.43. The molecule has 0 saturated carbocycles. The number of amidine groups is 1. The zero-order chi connectivity index (χ0) is 24.5. The van der Waals surface area contributed by atoms with Crippen molar-refractivity contribution < 1.29 is 23.5 Å². The van der Waals surface area contributed by atoms with Crippen LogP contribution in [0.15, 0.2) is 46.0 Å². The van der Waals surface area contributed by atoms with Gasteiger partial charge < -0.3 is 19.7 Å². The van der Waals surface area contributed by atoms with Gasteiger partial charge in [-0.05, 0) is 12.1 Å². The number of carbonyl (C=O) groups is 2. The smallest absolute Gasteiger partial charge is 0.410 e. The van der Waals surface area contributed by atoms with Crippen molar-refractivity contribution in [3.05, 3.63) is 62.5 Å². The fourth-order valence-electron chi connectivity index (χ4n) is 4.61. The maximum absolute atomic E-state index is 13.8. The Labute approximate surface area is 217 Å². The van der Waals surface area contributed by atoms with E-state index in [-0.39, 0.29) is 24.6 Å². The summed E-state index contributed by atoms with van der Waals surface area (Å²) in [4.78, 5) is 38.2. The van der Waals surface area contributed by atoms with Crippen molar-refractivity contribution in [2.45, 2.75) is 25.9 Å². The number of esters is 1. The van der Waals surface area contributed by atoms with Crippen molar-refractivity contribution in [2.75, 3.05) is 39.9 Å². The highest BCUT2D eigenvalue weighted by molar-refractivity contribution is 7.11. The summed E-state index contributed by atoms with van der Waals surface area (Å²) in [6, 6.07) is 3.26. The zero-order valence-corrected chi connectivity index (χ0v) is 20.4. The molecule has 9 nitrogen and oxygen atoms in total. The van der Waals surface area contributed by atoms with E-state index in [1.54, 1.807) is 11.1 Å². The van der Waals surface area contributed by atoms with E-state index in [2.05, 4.69) is 15.2 Å². The number of cyclic esters (lactones) is 1. The maximum atomic E-state index is 13.8. The van der Waals surface area contributed by atoms with Gasteiger partial charge in [-0.2, -0.15) is 0 Å². The van der Waals surface area contributed by atoms with Crippen LogP contribution in [0, 0.1) is 5.82 Å². The summed E-state index contributed by atoms with van der Waals surface area (Å²) in [5.41, 5.74) is 1.39. The van der Waals surface area contributed by atoms with Gasteiger partial charge in [0.05, 0.1) is 25.3 Å². The number of methoxy groups -OCH3 is 1. The van der Waals surface area contributed by atoms with Gasteiger partial charge in [0.2, 0.25) is 0 Å². The van der Waals surface area contributed by atoms with Crippen LogP contribution < -0.4 is 5.32 Å². The Morgan fingerprint density at radius 3 is 2.94 bits per heavy atom. The highest BCUT2D eigenvalue weighted by Gasteiger charge is 2.38. The Bertz CT molecular complexity index is 1210. The predicted molar refractivity (Wildman–Crippen MR) is 135 cm³/mol. The Kier molecular flexibility index (Phi) is 7.91. The van der Waals surface area contributed by atoms with Crippen molar-refractivity contribution in [1.29, 1.82) is 0 Å². The summed E-state index contributed by atoms with van der Waals surface area (Å²) < 4.78 is 24.1. The second-order valence-electron chi connectivity index (χ2n) is 8.38. The number of fused-ring (bicyclic) bond motifs is 1. The van der Waals surface area contributed by atoms with E-state index in [1.165, 1.54) is 36.6 Å². The Balaban J connectivity index is 0.00000304. The normalized spacial score (nSPS) is 22.1. The van der Waals surface area contributed by atoms with Crippen molar-refractivity contribution in [3.8, 4) is 0 Å². The lowest BCUT2D eigenvalue weighted by atomic mass is 9.95. The SMILES string of the molecule is C.COC(=O)C1=C(CN2CCN3C(=O)OCCC3C2)NC(c2nccs2)=N[C@H]1c1ccc(F)cc1Cl. The van der Waals surface area contributed by atoms with Gasteiger partial charge in [-0.1, -0.05) is 25.1 Å². The van der Waals surface area contributed by atoms with Crippen LogP contribution in [-0.4, -0.2) is 78.6 Å². The van der Waals surface area contributed by atoms with Crippen molar-refractivity contribution in [3.63, 3.8) is 0 Å². The number of carbonyl (C=O) groups excluding carboxylic acids is 2. The lowest BCUT2D eigenvalue weighted by Crippen LogP contribution is -2.58. The average molecular weight is 536 g/mol. The molecule has 3 aliphatic heterocycles. The van der Waals surface area contributed by atoms with Crippen LogP contribution in [0.5, 0.6) is 0 Å². The number of thiazole rings is 1. The highest BCUT2D eigenvalue weighted by Crippen LogP contribution is 2.37. The summed E-state index contributed by atoms with van der Waals surface area (Å²) in [7, 11) is 1.31. The summed E-state index contributed by atoms with van der Waals surface area (Å²) in [5, 5.41) is 5.93. The number of benzene rings is 1. The molecule has 2 atom stereocenters. The zero-order valence-electron chi connectivity index (χ0n) is 18.9. The standard InChI is InChI=1S/C23H23ClFN5O4S.CH4/c1-33-22(31)18-17(12-29-6-7-30-14(11-29)4-8-34-23(30)32)27-20(21-26-5-9-35-21)28-19(18)15-3-2-13(25)10-16(15)24;/h2-3,5,9-10,14,19H,4,6-8,11-12H2,1H3,(H,27,28);1H4/t14?,19-;/m0./s1. The number of piperazine rings is 1. The topological polar surface area (TPSA) is 96.4 Å². The molecular weight excluding hydrogens is 509 g/mol. The monoisotopic (exact) mass is 535 g/mol. The Morgan fingerprint density at radius 1 is 1.39 bits per heavy atom. The molecule has 4 heterocycles. The fraction of sp³-hybridized carbons (Fsp3) is 0.417. The van der Waals surface area contributed by atoms with Gasteiger partial charge in [-0.15, -0.1) is 11.3 Å². The summed E-state index contributed by atoms with van der Waals surface area (Å²) in [6.07, 6.45) is 2.14. The lowest BCUT2D eigenvalue weighted by molar-refractivity contribution is -0.136. The molecule has 2 saturated heterocycles. The second kappa shape index (κ2) is 10.9. The Hall–Kier alpha value is -3.02. The molecule has 2 fully saturated rings. The summed E-state index contributed by atoms with van der Waals surface area (Å²) in [6.45, 7) is 2.57. The molecule has 36 heavy (non-hydrogen) atoms. The largest absolute Gasteiger partial charge is 0.466 e. The molecule has 1 aromatic heterocycles. The molecule has 0 bridgehead atoms. The molecular formula is C24H27ClFN5O4S. The number of hydrogen-bond acceptors (Lipinski definition) is 9. The van der Waals surface area contributed by atoms with Crippen molar-refractivity contribution in [1.82, 2.24) is 20.1 Å². The minimum absolute atomic E-state index is 0. The maximum Gasteiger partial charge on any atom is 0.410 e. The van der Waals surface area contributed by atoms with Crippen LogP contribution in [0.3, 0.4) is 0 Å². The first-order valence-corrected chi connectivity index (χ1v) is 12.4. The first-order chi connectivity index (χ1) is 16.9. The van der Waals surface area contributed by atoms with Crippen LogP contribution in [0.2, 0.25) is 5.02 Å². The average Bonchev–Trinajstić information content (AvgIpc) is 3.38. The molecule has 0 aliphatic carbocycles.